The fraction of sp³-hybridized carbons (Fsp3) is 0.722. The lowest BCUT2D eigenvalue weighted by atomic mass is 9.81. The smallest absolute Gasteiger partial charge is 0.313 e. The van der Waals surface area contributed by atoms with Gasteiger partial charge in [-0.1, -0.05) is 12.8 Å². The van der Waals surface area contributed by atoms with Crippen molar-refractivity contribution in [3.63, 3.8) is 0 Å². The van der Waals surface area contributed by atoms with Gasteiger partial charge in [0.15, 0.2) is 0 Å². The molecule has 2 saturated heterocycles. The fourth-order valence-corrected chi connectivity index (χ4v) is 4.94. The maximum atomic E-state index is 12.7. The van der Waals surface area contributed by atoms with Gasteiger partial charge >= 0.3 is 5.97 Å². The highest BCUT2D eigenvalue weighted by Gasteiger charge is 2.58. The molecule has 0 unspecified atom stereocenters. The van der Waals surface area contributed by atoms with Crippen molar-refractivity contribution in [3.05, 3.63) is 18.2 Å². The monoisotopic (exact) mass is 346 g/mol. The summed E-state index contributed by atoms with van der Waals surface area (Å²) in [6, 6.07) is 0. The van der Waals surface area contributed by atoms with Crippen LogP contribution in [0.4, 0.5) is 0 Å². The highest BCUT2D eigenvalue weighted by atomic mass is 16.4. The number of fused-ring (bicyclic) bond motifs is 1. The molecule has 2 atom stereocenters. The second-order valence-electron chi connectivity index (χ2n) is 7.98. The van der Waals surface area contributed by atoms with Gasteiger partial charge in [0.05, 0.1) is 6.54 Å². The number of rotatable bonds is 4. The van der Waals surface area contributed by atoms with Gasteiger partial charge in [0, 0.05) is 57.5 Å². The number of likely N-dealkylation sites (tertiary alicyclic amines) is 2. The number of carbonyl (C=O) groups excluding carboxylic acids is 1. The van der Waals surface area contributed by atoms with Crippen molar-refractivity contribution in [1.82, 2.24) is 19.4 Å². The largest absolute Gasteiger partial charge is 0.481 e. The van der Waals surface area contributed by atoms with Crippen LogP contribution in [0.2, 0.25) is 0 Å². The van der Waals surface area contributed by atoms with Crippen molar-refractivity contribution >= 4 is 11.9 Å². The zero-order chi connectivity index (χ0) is 17.6. The van der Waals surface area contributed by atoms with Gasteiger partial charge in [-0.3, -0.25) is 14.5 Å². The molecule has 0 radical (unpaired) electrons. The second-order valence-corrected chi connectivity index (χ2v) is 7.98. The van der Waals surface area contributed by atoms with Crippen LogP contribution < -0.4 is 0 Å². The van der Waals surface area contributed by atoms with Gasteiger partial charge in [0.25, 0.3) is 0 Å². The van der Waals surface area contributed by atoms with E-state index in [1.165, 1.54) is 0 Å². The molecule has 1 aliphatic carbocycles. The molecule has 3 heterocycles. The fourth-order valence-electron chi connectivity index (χ4n) is 4.94. The number of carbonyl (C=O) groups is 2. The first-order chi connectivity index (χ1) is 12.0. The van der Waals surface area contributed by atoms with Crippen LogP contribution in [-0.2, 0) is 23.2 Å². The molecular formula is C18H26N4O3. The van der Waals surface area contributed by atoms with E-state index < -0.39 is 11.4 Å². The van der Waals surface area contributed by atoms with E-state index in [-0.39, 0.29) is 17.7 Å². The van der Waals surface area contributed by atoms with E-state index in [0.29, 0.717) is 32.7 Å². The second kappa shape index (κ2) is 6.12. The Balaban J connectivity index is 1.47. The Morgan fingerprint density at radius 1 is 1.28 bits per heavy atom. The molecule has 4 rings (SSSR count). The van der Waals surface area contributed by atoms with Gasteiger partial charge in [-0.25, -0.2) is 4.98 Å². The molecule has 0 aromatic carbocycles. The molecular weight excluding hydrogens is 320 g/mol. The van der Waals surface area contributed by atoms with Crippen LogP contribution in [0.25, 0.3) is 0 Å². The van der Waals surface area contributed by atoms with E-state index in [0.717, 1.165) is 31.5 Å². The average molecular weight is 346 g/mol. The molecule has 0 spiro atoms. The average Bonchev–Trinajstić information content (AvgIpc) is 3.31. The van der Waals surface area contributed by atoms with Crippen LogP contribution in [0.15, 0.2) is 12.4 Å². The summed E-state index contributed by atoms with van der Waals surface area (Å²) in [5.41, 5.74) is -0.820. The van der Waals surface area contributed by atoms with Crippen molar-refractivity contribution in [2.24, 2.45) is 24.3 Å². The molecule has 1 saturated carbocycles. The summed E-state index contributed by atoms with van der Waals surface area (Å²) >= 11 is 0. The standard InChI is InChI=1S/C18H26N4O3/c1-20-7-6-19-15(20)10-21-8-14-9-22(12-18(14,11-21)17(24)25)16(23)13-4-2-3-5-13/h6-7,13-14H,2-5,8-12H2,1H3,(H,24,25)/t14-,18-/m1/s1. The summed E-state index contributed by atoms with van der Waals surface area (Å²) in [4.78, 5) is 33.2. The molecule has 0 bridgehead atoms. The molecule has 3 fully saturated rings. The Morgan fingerprint density at radius 3 is 2.64 bits per heavy atom. The third-order valence-electron chi connectivity index (χ3n) is 6.41. The number of carboxylic acids is 1. The maximum Gasteiger partial charge on any atom is 0.313 e. The molecule has 1 N–H and O–H groups in total. The number of imidazole rings is 1. The molecule has 7 heteroatoms. The molecule has 2 aliphatic heterocycles. The zero-order valence-corrected chi connectivity index (χ0v) is 14.7. The molecule has 3 aliphatic rings. The van der Waals surface area contributed by atoms with E-state index in [1.807, 2.05) is 22.7 Å². The predicted octanol–water partition coefficient (Wildman–Crippen LogP) is 0.955. The van der Waals surface area contributed by atoms with Crippen LogP contribution in [0, 0.1) is 17.3 Å². The lowest BCUT2D eigenvalue weighted by Gasteiger charge is -2.26. The van der Waals surface area contributed by atoms with E-state index >= 15 is 0 Å². The molecule has 1 amide bonds. The Labute approximate surface area is 147 Å². The van der Waals surface area contributed by atoms with E-state index in [9.17, 15) is 14.7 Å². The number of hydrogen-bond donors (Lipinski definition) is 1. The SMILES string of the molecule is Cn1ccnc1CN1C[C@@H]2CN(C(=O)C3CCCC3)C[C@]2(C(=O)O)C1. The molecule has 25 heavy (non-hydrogen) atoms. The van der Waals surface area contributed by atoms with Gasteiger partial charge in [-0.2, -0.15) is 0 Å². The first-order valence-corrected chi connectivity index (χ1v) is 9.20. The Bertz CT molecular complexity index is 682. The normalized spacial score (nSPS) is 30.1. The minimum absolute atomic E-state index is 0.00983. The van der Waals surface area contributed by atoms with Gasteiger partial charge in [0.2, 0.25) is 5.91 Å². The first kappa shape index (κ1) is 16.6. The number of aromatic nitrogens is 2. The van der Waals surface area contributed by atoms with Crippen molar-refractivity contribution in [2.45, 2.75) is 32.2 Å². The first-order valence-electron chi connectivity index (χ1n) is 9.20. The number of aliphatic carboxylic acids is 1. The highest BCUT2D eigenvalue weighted by molar-refractivity contribution is 5.83. The number of carboxylic acid groups (broad SMARTS) is 1. The van der Waals surface area contributed by atoms with Crippen molar-refractivity contribution in [3.8, 4) is 0 Å². The summed E-state index contributed by atoms with van der Waals surface area (Å²) in [5.74, 6) is 0.494. The highest BCUT2D eigenvalue weighted by Crippen LogP contribution is 2.44. The van der Waals surface area contributed by atoms with Crippen LogP contribution >= 0.6 is 0 Å². The summed E-state index contributed by atoms with van der Waals surface area (Å²) in [5, 5.41) is 9.95. The Hall–Kier alpha value is -1.89. The van der Waals surface area contributed by atoms with Crippen LogP contribution in [0.1, 0.15) is 31.5 Å². The van der Waals surface area contributed by atoms with Crippen LogP contribution in [0.5, 0.6) is 0 Å². The summed E-state index contributed by atoms with van der Waals surface area (Å²) in [6.45, 7) is 2.81. The summed E-state index contributed by atoms with van der Waals surface area (Å²) in [7, 11) is 1.95. The number of nitrogens with zero attached hydrogens (tertiary/aromatic N) is 4. The van der Waals surface area contributed by atoms with Gasteiger partial charge in [-0.05, 0) is 12.8 Å². The number of aryl methyl sites for hydroxylation is 1. The molecule has 136 valence electrons. The van der Waals surface area contributed by atoms with E-state index in [1.54, 1.807) is 6.20 Å². The van der Waals surface area contributed by atoms with Gasteiger partial charge < -0.3 is 14.6 Å². The van der Waals surface area contributed by atoms with E-state index in [2.05, 4.69) is 9.88 Å². The topological polar surface area (TPSA) is 78.7 Å². The third-order valence-corrected chi connectivity index (χ3v) is 6.41. The summed E-state index contributed by atoms with van der Waals surface area (Å²) < 4.78 is 1.97. The Morgan fingerprint density at radius 2 is 2.04 bits per heavy atom. The lowest BCUT2D eigenvalue weighted by Crippen LogP contribution is -2.43. The molecule has 7 nitrogen and oxygen atoms in total. The minimum Gasteiger partial charge on any atom is -0.481 e. The molecule has 1 aromatic heterocycles. The quantitative estimate of drug-likeness (QED) is 0.878. The number of amides is 1. The van der Waals surface area contributed by atoms with Gasteiger partial charge in [-0.15, -0.1) is 0 Å². The van der Waals surface area contributed by atoms with Crippen molar-refractivity contribution < 1.29 is 14.7 Å². The minimum atomic E-state index is -0.820. The maximum absolute atomic E-state index is 12.7. The van der Waals surface area contributed by atoms with Crippen molar-refractivity contribution in [2.75, 3.05) is 26.2 Å². The van der Waals surface area contributed by atoms with Crippen LogP contribution in [0.3, 0.4) is 0 Å². The predicted molar refractivity (Wildman–Crippen MR) is 90.6 cm³/mol. The van der Waals surface area contributed by atoms with Crippen molar-refractivity contribution in [1.29, 1.82) is 0 Å². The third kappa shape index (κ3) is 2.74. The summed E-state index contributed by atoms with van der Waals surface area (Å²) in [6.07, 6.45) is 7.84. The molecule has 1 aromatic rings. The Kier molecular flexibility index (Phi) is 4.06. The zero-order valence-electron chi connectivity index (χ0n) is 14.7. The lowest BCUT2D eigenvalue weighted by molar-refractivity contribution is -0.149. The van der Waals surface area contributed by atoms with Gasteiger partial charge in [0.1, 0.15) is 11.2 Å². The number of hydrogen-bond acceptors (Lipinski definition) is 4. The van der Waals surface area contributed by atoms with Crippen LogP contribution in [-0.4, -0.2) is 62.5 Å². The van der Waals surface area contributed by atoms with E-state index in [4.69, 9.17) is 0 Å².